The van der Waals surface area contributed by atoms with E-state index in [1.54, 1.807) is 13.0 Å². The van der Waals surface area contributed by atoms with Gasteiger partial charge >= 0.3 is 13.1 Å². The van der Waals surface area contributed by atoms with Gasteiger partial charge in [-0.3, -0.25) is 0 Å². The minimum atomic E-state index is -1.30. The van der Waals surface area contributed by atoms with Crippen molar-refractivity contribution in [3.63, 3.8) is 0 Å². The zero-order valence-electron chi connectivity index (χ0n) is 13.0. The van der Waals surface area contributed by atoms with E-state index in [9.17, 15) is 9.18 Å². The van der Waals surface area contributed by atoms with Gasteiger partial charge in [0.2, 0.25) is 0 Å². The van der Waals surface area contributed by atoms with E-state index in [1.165, 1.54) is 6.07 Å². The van der Waals surface area contributed by atoms with Crippen molar-refractivity contribution < 1.29 is 23.6 Å². The van der Waals surface area contributed by atoms with Crippen LogP contribution in [0, 0.1) is 12.7 Å². The van der Waals surface area contributed by atoms with E-state index in [4.69, 9.17) is 14.4 Å². The monoisotopic (exact) mass is 294 g/mol. The number of hydrogen-bond donors (Lipinski definition) is 1. The molecule has 1 fully saturated rings. The summed E-state index contributed by atoms with van der Waals surface area (Å²) < 4.78 is 26.3. The van der Waals surface area contributed by atoms with Crippen LogP contribution in [0.4, 0.5) is 4.39 Å². The van der Waals surface area contributed by atoms with Gasteiger partial charge in [-0.25, -0.2) is 9.18 Å². The number of benzene rings is 1. The highest BCUT2D eigenvalue weighted by Crippen LogP contribution is 2.39. The molecule has 0 saturated carbocycles. The van der Waals surface area contributed by atoms with Gasteiger partial charge in [0.1, 0.15) is 5.82 Å². The maximum Gasteiger partial charge on any atom is 0.498 e. The van der Waals surface area contributed by atoms with Gasteiger partial charge in [-0.05, 0) is 45.7 Å². The van der Waals surface area contributed by atoms with Gasteiger partial charge < -0.3 is 14.4 Å². The fraction of sp³-hybridized carbons (Fsp3) is 0.533. The van der Waals surface area contributed by atoms with E-state index in [2.05, 4.69) is 0 Å². The van der Waals surface area contributed by atoms with E-state index in [-0.39, 0.29) is 11.0 Å². The molecule has 1 heterocycles. The number of carbonyl (C=O) groups is 1. The molecule has 21 heavy (non-hydrogen) atoms. The van der Waals surface area contributed by atoms with Crippen LogP contribution in [-0.4, -0.2) is 29.4 Å². The Morgan fingerprint density at radius 3 is 2.43 bits per heavy atom. The first-order valence-electron chi connectivity index (χ1n) is 7.01. The molecule has 6 heteroatoms. The molecule has 0 bridgehead atoms. The summed E-state index contributed by atoms with van der Waals surface area (Å²) in [5, 5.41) is 9.05. The number of rotatable bonds is 3. The lowest BCUT2D eigenvalue weighted by Crippen LogP contribution is -2.44. The first-order chi connectivity index (χ1) is 9.63. The molecule has 1 unspecified atom stereocenters. The third kappa shape index (κ3) is 2.47. The smallest absolute Gasteiger partial charge is 0.478 e. The van der Waals surface area contributed by atoms with Crippen LogP contribution < -0.4 is 5.46 Å². The largest absolute Gasteiger partial charge is 0.498 e. The van der Waals surface area contributed by atoms with E-state index in [0.717, 1.165) is 0 Å². The molecule has 1 aromatic rings. The minimum Gasteiger partial charge on any atom is -0.478 e. The molecule has 1 N–H and O–H groups in total. The normalized spacial score (nSPS) is 24.4. The molecule has 0 spiro atoms. The third-order valence-corrected chi connectivity index (χ3v) is 4.58. The van der Waals surface area contributed by atoms with Gasteiger partial charge in [-0.2, -0.15) is 0 Å². The number of aryl methyl sites for hydroxylation is 1. The number of halogens is 1. The summed E-state index contributed by atoms with van der Waals surface area (Å²) in [5.41, 5.74) is -0.746. The van der Waals surface area contributed by atoms with Crippen LogP contribution in [0.25, 0.3) is 0 Å². The second kappa shape index (κ2) is 5.11. The molecule has 0 radical (unpaired) electrons. The topological polar surface area (TPSA) is 55.8 Å². The predicted octanol–water partition coefficient (Wildman–Crippen LogP) is 2.52. The lowest BCUT2D eigenvalue weighted by atomic mass is 9.75. The Morgan fingerprint density at radius 1 is 1.33 bits per heavy atom. The lowest BCUT2D eigenvalue weighted by Gasteiger charge is -2.35. The van der Waals surface area contributed by atoms with Crippen LogP contribution in [0.3, 0.4) is 0 Å². The van der Waals surface area contributed by atoms with E-state index < -0.39 is 30.1 Å². The van der Waals surface area contributed by atoms with Gasteiger partial charge in [0.25, 0.3) is 0 Å². The Kier molecular flexibility index (Phi) is 3.89. The Morgan fingerprint density at radius 2 is 1.95 bits per heavy atom. The molecule has 114 valence electrons. The molecule has 0 aliphatic carbocycles. The van der Waals surface area contributed by atoms with Gasteiger partial charge in [0.15, 0.2) is 0 Å². The SMILES string of the molecule is CCC1(C)OB(c2c(C)ccc(C(=O)O)c2F)OC1(C)C. The number of carboxylic acids is 1. The molecule has 1 aromatic carbocycles. The summed E-state index contributed by atoms with van der Waals surface area (Å²) in [5.74, 6) is -2.09. The van der Waals surface area contributed by atoms with Crippen LogP contribution in [0.15, 0.2) is 12.1 Å². The molecular formula is C15H20BFO4. The summed E-state index contributed by atoms with van der Waals surface area (Å²) >= 11 is 0. The second-order valence-corrected chi connectivity index (χ2v) is 6.13. The maximum absolute atomic E-state index is 14.5. The van der Waals surface area contributed by atoms with Crippen molar-refractivity contribution in [1.29, 1.82) is 0 Å². The van der Waals surface area contributed by atoms with Crippen molar-refractivity contribution in [3.05, 3.63) is 29.1 Å². The second-order valence-electron chi connectivity index (χ2n) is 6.13. The summed E-state index contributed by atoms with van der Waals surface area (Å²) in [4.78, 5) is 11.1. The lowest BCUT2D eigenvalue weighted by molar-refractivity contribution is -0.0118. The Bertz CT molecular complexity index is 587. The number of aromatic carboxylic acids is 1. The first-order valence-corrected chi connectivity index (χ1v) is 7.01. The standard InChI is InChI=1S/C15H20BFO4/c1-6-15(5)14(3,4)20-16(21-15)11-9(2)7-8-10(12(11)17)13(18)19/h7-8H,6H2,1-5H3,(H,18,19). The quantitative estimate of drug-likeness (QED) is 0.870. The molecule has 1 atom stereocenters. The summed E-state index contributed by atoms with van der Waals surface area (Å²) in [6, 6.07) is 2.83. The average Bonchev–Trinajstić information content (AvgIpc) is 2.60. The van der Waals surface area contributed by atoms with Crippen LogP contribution >= 0.6 is 0 Å². The molecule has 2 rings (SSSR count). The Labute approximate surface area is 124 Å². The molecule has 4 nitrogen and oxygen atoms in total. The van der Waals surface area contributed by atoms with E-state index >= 15 is 0 Å². The number of carboxylic acid groups (broad SMARTS) is 1. The first kappa shape index (κ1) is 16.0. The average molecular weight is 294 g/mol. The summed E-state index contributed by atoms with van der Waals surface area (Å²) in [6.45, 7) is 9.40. The van der Waals surface area contributed by atoms with Gasteiger partial charge in [0, 0.05) is 5.46 Å². The molecule has 1 aliphatic rings. The Balaban J connectivity index is 2.50. The maximum atomic E-state index is 14.5. The van der Waals surface area contributed by atoms with Crippen LogP contribution in [0.1, 0.15) is 50.0 Å². The van der Waals surface area contributed by atoms with Crippen LogP contribution in [0.5, 0.6) is 0 Å². The van der Waals surface area contributed by atoms with Crippen LogP contribution in [0.2, 0.25) is 0 Å². The van der Waals surface area contributed by atoms with Crippen molar-refractivity contribution in [2.45, 2.75) is 52.2 Å². The molecular weight excluding hydrogens is 274 g/mol. The third-order valence-electron chi connectivity index (χ3n) is 4.58. The van der Waals surface area contributed by atoms with Gasteiger partial charge in [-0.15, -0.1) is 0 Å². The van der Waals surface area contributed by atoms with Crippen LogP contribution in [-0.2, 0) is 9.31 Å². The fourth-order valence-corrected chi connectivity index (χ4v) is 2.57. The van der Waals surface area contributed by atoms with E-state index in [1.807, 2.05) is 27.7 Å². The zero-order valence-corrected chi connectivity index (χ0v) is 13.0. The Hall–Kier alpha value is -1.40. The highest BCUT2D eigenvalue weighted by Gasteiger charge is 2.54. The fourth-order valence-electron chi connectivity index (χ4n) is 2.57. The van der Waals surface area contributed by atoms with Crippen molar-refractivity contribution in [2.24, 2.45) is 0 Å². The highest BCUT2D eigenvalue weighted by atomic mass is 19.1. The van der Waals surface area contributed by atoms with Crippen molar-refractivity contribution in [1.82, 2.24) is 0 Å². The van der Waals surface area contributed by atoms with Crippen molar-refractivity contribution in [3.8, 4) is 0 Å². The highest BCUT2D eigenvalue weighted by molar-refractivity contribution is 6.62. The predicted molar refractivity (Wildman–Crippen MR) is 78.4 cm³/mol. The summed E-state index contributed by atoms with van der Waals surface area (Å²) in [7, 11) is -0.899. The minimum absolute atomic E-state index is 0.167. The van der Waals surface area contributed by atoms with Crippen molar-refractivity contribution >= 4 is 18.6 Å². The molecule has 0 amide bonds. The van der Waals surface area contributed by atoms with Gasteiger partial charge in [0.05, 0.1) is 16.8 Å². The molecule has 1 saturated heterocycles. The molecule has 0 aromatic heterocycles. The van der Waals surface area contributed by atoms with Crippen molar-refractivity contribution in [2.75, 3.05) is 0 Å². The number of hydrogen-bond acceptors (Lipinski definition) is 3. The zero-order chi connectivity index (χ0) is 16.0. The van der Waals surface area contributed by atoms with E-state index in [0.29, 0.717) is 12.0 Å². The van der Waals surface area contributed by atoms with Gasteiger partial charge in [-0.1, -0.05) is 13.0 Å². The molecule has 1 aliphatic heterocycles. The summed E-state index contributed by atoms with van der Waals surface area (Å²) in [6.07, 6.45) is 0.704.